The SMILES string of the molecule is CC(C)(C)C1C=C(C2CC3CCC32)C(N2C3=C4B(c5cc(C6CC=CCC6)ccc52)c2cc(C5CCCCC5)ccc2N(C2C(C5CC=CCC5)=CC(C(C)(C)C)CC2C2CC5CCC52)C4=C[C@H](N2C4=CCCCC4c4ccccc42)C3)C(C2CCCC2)C1. The summed E-state index contributed by atoms with van der Waals surface area (Å²) < 4.78 is 0. The summed E-state index contributed by atoms with van der Waals surface area (Å²) in [5.41, 5.74) is 23.8. The minimum Gasteiger partial charge on any atom is -0.338 e. The zero-order chi connectivity index (χ0) is 59.6. The number of benzene rings is 3. The molecular formula is C85H108BN3. The van der Waals surface area contributed by atoms with Gasteiger partial charge in [0, 0.05) is 46.5 Å². The maximum atomic E-state index is 3.32. The van der Waals surface area contributed by atoms with Crippen LogP contribution in [-0.2, 0) is 0 Å². The van der Waals surface area contributed by atoms with E-state index in [1.54, 1.807) is 61.6 Å². The Balaban J connectivity index is 0.934. The van der Waals surface area contributed by atoms with Crippen LogP contribution in [0.2, 0.25) is 0 Å². The third kappa shape index (κ3) is 9.23. The van der Waals surface area contributed by atoms with E-state index in [0.29, 0.717) is 59.4 Å². The molecule has 6 fully saturated rings. The van der Waals surface area contributed by atoms with Crippen LogP contribution in [0.5, 0.6) is 0 Å². The molecule has 0 spiro atoms. The molecule has 0 saturated heterocycles. The van der Waals surface area contributed by atoms with Crippen molar-refractivity contribution in [1.82, 2.24) is 0 Å². The van der Waals surface area contributed by atoms with Gasteiger partial charge in [0.25, 0.3) is 6.71 Å². The maximum absolute atomic E-state index is 3.32. The predicted octanol–water partition coefficient (Wildman–Crippen LogP) is 20.5. The Morgan fingerprint density at radius 1 is 0.461 bits per heavy atom. The minimum atomic E-state index is 0.196. The van der Waals surface area contributed by atoms with Gasteiger partial charge in [-0.1, -0.05) is 171 Å². The van der Waals surface area contributed by atoms with Crippen LogP contribution in [0.1, 0.15) is 249 Å². The standard InChI is InChI=1S/C85H108BN3/c1-84(2,3)60-46-67(54-26-14-9-15-27-54)82(71(48-60)69-42-58-34-38-63(58)69)88-77-40-36-56(52-22-10-7-11-23-52)44-73(77)86-74-45-57(53-24-12-8-13-25-53)37-41-78(74)89(80-51-62(50-79(88)81(80)86)87-75-32-20-18-30-65(75)66-31-19-21-33-76(66)87)83-68(55-28-16-17-29-55)47-61(85(4,5)6)49-72(83)70-43-59-35-39-64(59)70/h8-9,12,14,18,20,30,32-33,36-37,40-41,44-46,49-50,52-55,58-64,66,68-71,82-83H,7,10-11,13,15-17,19,21-29,31,34-35,38-39,42-43,47-48,51H2,1-6H3/t53?,54?,58?,59?,60?,61?,62-,63?,64?,66?,68?,69?,70?,71?,82?,83?/m0/s1. The van der Waals surface area contributed by atoms with Gasteiger partial charge in [-0.25, -0.2) is 0 Å². The second kappa shape index (κ2) is 22.0. The van der Waals surface area contributed by atoms with Crippen molar-refractivity contribution in [1.29, 1.82) is 0 Å². The normalized spacial score (nSPS) is 37.2. The van der Waals surface area contributed by atoms with E-state index in [1.807, 2.05) is 11.1 Å². The molecule has 0 amide bonds. The number of allylic oxidation sites excluding steroid dienone is 9. The zero-order valence-electron chi connectivity index (χ0n) is 55.8. The fraction of sp³-hybridized carbons (Fsp3) is 0.624. The second-order valence-electron chi connectivity index (χ2n) is 35.1. The van der Waals surface area contributed by atoms with Crippen molar-refractivity contribution in [3.8, 4) is 0 Å². The first kappa shape index (κ1) is 57.0. The van der Waals surface area contributed by atoms with E-state index < -0.39 is 0 Å². The van der Waals surface area contributed by atoms with Crippen LogP contribution in [0, 0.1) is 81.8 Å². The Labute approximate surface area is 538 Å². The summed E-state index contributed by atoms with van der Waals surface area (Å²) in [6, 6.07) is 27.7. The van der Waals surface area contributed by atoms with E-state index in [-0.39, 0.29) is 23.6 Å². The van der Waals surface area contributed by atoms with E-state index in [1.165, 1.54) is 173 Å². The molecule has 3 nitrogen and oxygen atoms in total. The van der Waals surface area contributed by atoms with Gasteiger partial charge in [0.15, 0.2) is 0 Å². The average Bonchev–Trinajstić information content (AvgIpc) is 1.07. The molecular weight excluding hydrogens is 1070 g/mol. The number of para-hydroxylation sites is 1. The molecule has 12 aliphatic carbocycles. The molecule has 3 aromatic rings. The highest BCUT2D eigenvalue weighted by atomic mass is 15.3. The highest BCUT2D eigenvalue weighted by Gasteiger charge is 2.60. The lowest BCUT2D eigenvalue weighted by Crippen LogP contribution is -2.65. The van der Waals surface area contributed by atoms with Gasteiger partial charge in [-0.15, -0.1) is 0 Å². The number of hydrogen-bond donors (Lipinski definition) is 0. The van der Waals surface area contributed by atoms with Crippen molar-refractivity contribution in [2.24, 2.45) is 81.8 Å². The van der Waals surface area contributed by atoms with Gasteiger partial charge < -0.3 is 14.7 Å². The Morgan fingerprint density at radius 3 is 1.76 bits per heavy atom. The van der Waals surface area contributed by atoms with E-state index >= 15 is 0 Å². The summed E-state index contributed by atoms with van der Waals surface area (Å²) in [5.74, 6) is 10.7. The third-order valence-corrected chi connectivity index (χ3v) is 28.8. The predicted molar refractivity (Wildman–Crippen MR) is 374 cm³/mol. The lowest BCUT2D eigenvalue weighted by molar-refractivity contribution is -0.0714. The molecule has 18 rings (SSSR count). The smallest absolute Gasteiger partial charge is 0.251 e. The monoisotopic (exact) mass is 1180 g/mol. The molecule has 0 radical (unpaired) electrons. The highest BCUT2D eigenvalue weighted by Crippen LogP contribution is 2.65. The van der Waals surface area contributed by atoms with E-state index in [9.17, 15) is 0 Å². The summed E-state index contributed by atoms with van der Waals surface area (Å²) in [4.78, 5) is 9.60. The van der Waals surface area contributed by atoms with Gasteiger partial charge in [0.1, 0.15) is 0 Å². The summed E-state index contributed by atoms with van der Waals surface area (Å²) in [5, 5.41) is 0. The van der Waals surface area contributed by atoms with Crippen molar-refractivity contribution in [2.75, 3.05) is 14.7 Å². The largest absolute Gasteiger partial charge is 0.338 e. The topological polar surface area (TPSA) is 9.72 Å². The van der Waals surface area contributed by atoms with E-state index in [2.05, 4.69) is 166 Å². The second-order valence-corrected chi connectivity index (χ2v) is 35.1. The van der Waals surface area contributed by atoms with Crippen molar-refractivity contribution in [3.63, 3.8) is 0 Å². The first-order valence-electron chi connectivity index (χ1n) is 38.0. The summed E-state index contributed by atoms with van der Waals surface area (Å²) in [6.07, 6.45) is 58.0. The molecule has 3 aromatic carbocycles. The summed E-state index contributed by atoms with van der Waals surface area (Å²) in [6.45, 7) is 15.8. The van der Waals surface area contributed by atoms with Crippen LogP contribution in [0.15, 0.2) is 143 Å². The Hall–Kier alpha value is -4.70. The van der Waals surface area contributed by atoms with Gasteiger partial charge in [0.2, 0.25) is 0 Å². The quantitative estimate of drug-likeness (QED) is 0.156. The molecule has 16 atom stereocenters. The van der Waals surface area contributed by atoms with Crippen LogP contribution >= 0.6 is 0 Å². The Bertz CT molecular complexity index is 3500. The first-order valence-corrected chi connectivity index (χ1v) is 38.0. The number of nitrogens with zero attached hydrogens (tertiary/aromatic N) is 3. The van der Waals surface area contributed by atoms with Crippen LogP contribution in [0.25, 0.3) is 0 Å². The van der Waals surface area contributed by atoms with Gasteiger partial charge in [0.05, 0.1) is 18.1 Å². The average molecular weight is 1180 g/mol. The van der Waals surface area contributed by atoms with Gasteiger partial charge in [-0.05, 0) is 284 Å². The zero-order valence-corrected chi connectivity index (χ0v) is 55.8. The third-order valence-electron chi connectivity index (χ3n) is 28.8. The number of fused-ring (bicyclic) bond motifs is 9. The van der Waals surface area contributed by atoms with Gasteiger partial charge in [-0.2, -0.15) is 0 Å². The molecule has 6 saturated carbocycles. The fourth-order valence-electron chi connectivity index (χ4n) is 23.6. The highest BCUT2D eigenvalue weighted by molar-refractivity contribution is 6.94. The summed E-state index contributed by atoms with van der Waals surface area (Å²) >= 11 is 0. The van der Waals surface area contributed by atoms with Crippen LogP contribution in [0.3, 0.4) is 0 Å². The van der Waals surface area contributed by atoms with Crippen molar-refractivity contribution < 1.29 is 0 Å². The minimum absolute atomic E-state index is 0.196. The molecule has 89 heavy (non-hydrogen) atoms. The lowest BCUT2D eigenvalue weighted by Gasteiger charge is -2.62. The number of anilines is 3. The number of rotatable bonds is 9. The Kier molecular flexibility index (Phi) is 14.1. The van der Waals surface area contributed by atoms with Crippen LogP contribution in [-0.4, -0.2) is 24.8 Å². The van der Waals surface area contributed by atoms with E-state index in [0.717, 1.165) is 47.8 Å². The molecule has 0 N–H and O–H groups in total. The molecule has 15 aliphatic rings. The van der Waals surface area contributed by atoms with Crippen molar-refractivity contribution >= 4 is 34.7 Å². The molecule has 3 aliphatic heterocycles. The molecule has 466 valence electrons. The van der Waals surface area contributed by atoms with E-state index in [4.69, 9.17) is 0 Å². The molecule has 15 unspecified atom stereocenters. The maximum Gasteiger partial charge on any atom is 0.251 e. The first-order chi connectivity index (χ1) is 43.4. The summed E-state index contributed by atoms with van der Waals surface area (Å²) in [7, 11) is 0. The molecule has 4 heteroatoms. The van der Waals surface area contributed by atoms with Crippen LogP contribution < -0.4 is 25.6 Å². The van der Waals surface area contributed by atoms with Gasteiger partial charge >= 0.3 is 0 Å². The van der Waals surface area contributed by atoms with Crippen LogP contribution in [0.4, 0.5) is 17.1 Å². The number of hydrogen-bond acceptors (Lipinski definition) is 3. The molecule has 0 aromatic heterocycles. The van der Waals surface area contributed by atoms with Crippen molar-refractivity contribution in [2.45, 2.75) is 251 Å². The fourth-order valence-corrected chi connectivity index (χ4v) is 23.6. The Morgan fingerprint density at radius 2 is 1.11 bits per heavy atom. The van der Waals surface area contributed by atoms with Crippen molar-refractivity contribution in [3.05, 3.63) is 160 Å². The lowest BCUT2D eigenvalue weighted by atomic mass is 9.31. The molecule has 0 bridgehead atoms. The molecule has 3 heterocycles. The van der Waals surface area contributed by atoms with Gasteiger partial charge in [-0.3, -0.25) is 0 Å².